The maximum atomic E-state index is 11.3. The molecule has 1 atom stereocenters. The van der Waals surface area contributed by atoms with Crippen molar-refractivity contribution in [2.24, 2.45) is 5.92 Å². The highest BCUT2D eigenvalue weighted by Crippen LogP contribution is 2.31. The number of carboxylic acids is 1. The summed E-state index contributed by atoms with van der Waals surface area (Å²) in [6.07, 6.45) is 2.23. The number of carbonyl (C=O) groups is 1. The number of likely N-dealkylation sites (tertiary alicyclic amines) is 1. The molecule has 2 N–H and O–H groups in total. The first-order chi connectivity index (χ1) is 13.1. The second kappa shape index (κ2) is 11.7. The van der Waals surface area contributed by atoms with Crippen molar-refractivity contribution >= 4 is 5.97 Å². The van der Waals surface area contributed by atoms with Gasteiger partial charge in [-0.05, 0) is 70.1 Å². The van der Waals surface area contributed by atoms with Gasteiger partial charge in [0.2, 0.25) is 0 Å². The number of allylic oxidation sites excluding steroid dienone is 1. The number of aliphatic hydroxyl groups excluding tert-OH is 1. The van der Waals surface area contributed by atoms with Crippen LogP contribution in [0, 0.1) is 19.8 Å². The highest BCUT2D eigenvalue weighted by Gasteiger charge is 2.30. The summed E-state index contributed by atoms with van der Waals surface area (Å²) in [4.78, 5) is 13.6. The number of hydrogen-bond donors (Lipinski definition) is 2. The van der Waals surface area contributed by atoms with Crippen LogP contribution < -0.4 is 4.74 Å². The predicted octanol–water partition coefficient (Wildman–Crippen LogP) is 4.58. The van der Waals surface area contributed by atoms with Crippen molar-refractivity contribution in [1.82, 2.24) is 4.90 Å². The molecule has 0 radical (unpaired) electrons. The van der Waals surface area contributed by atoms with Gasteiger partial charge in [-0.1, -0.05) is 32.6 Å². The summed E-state index contributed by atoms with van der Waals surface area (Å²) in [5.41, 5.74) is 3.19. The molecule has 1 saturated heterocycles. The molecule has 2 rings (SSSR count). The van der Waals surface area contributed by atoms with E-state index in [1.54, 1.807) is 13.8 Å². The Balaban J connectivity index is 0.00000171. The number of aryl methyl sites for hydroxylation is 2. The first-order valence-electron chi connectivity index (χ1n) is 9.98. The molecule has 5 heteroatoms. The summed E-state index contributed by atoms with van der Waals surface area (Å²) >= 11 is 0. The van der Waals surface area contributed by atoms with E-state index in [0.717, 1.165) is 43.4 Å². The molecule has 0 bridgehead atoms. The lowest BCUT2D eigenvalue weighted by atomic mass is 9.95. The minimum absolute atomic E-state index is 0.641. The molecular formula is C23H39NO4. The molecule has 1 aliphatic heterocycles. The zero-order chi connectivity index (χ0) is 22.1. The number of benzene rings is 1. The van der Waals surface area contributed by atoms with E-state index in [9.17, 15) is 9.90 Å². The third-order valence-electron chi connectivity index (χ3n) is 4.74. The zero-order valence-corrected chi connectivity index (χ0v) is 18.9. The lowest BCUT2D eigenvalue weighted by Crippen LogP contribution is -2.38. The second-order valence-electron chi connectivity index (χ2n) is 7.52. The molecule has 1 fully saturated rings. The topological polar surface area (TPSA) is 70.0 Å². The maximum absolute atomic E-state index is 11.3. The third kappa shape index (κ3) is 7.19. The summed E-state index contributed by atoms with van der Waals surface area (Å²) in [7, 11) is 1.00. The first kappa shape index (κ1) is 26.0. The quantitative estimate of drug-likeness (QED) is 0.740. The number of aliphatic carboxylic acids is 1. The van der Waals surface area contributed by atoms with Gasteiger partial charge in [0.1, 0.15) is 5.75 Å². The average molecular weight is 394 g/mol. The predicted molar refractivity (Wildman–Crippen MR) is 116 cm³/mol. The highest BCUT2D eigenvalue weighted by atomic mass is 16.5. The fourth-order valence-corrected chi connectivity index (χ4v) is 3.30. The molecule has 1 unspecified atom stereocenters. The van der Waals surface area contributed by atoms with Crippen LogP contribution in [0.25, 0.3) is 0 Å². The van der Waals surface area contributed by atoms with Crippen LogP contribution in [0.4, 0.5) is 0 Å². The lowest BCUT2D eigenvalue weighted by molar-refractivity contribution is -0.152. The van der Waals surface area contributed by atoms with Gasteiger partial charge in [0, 0.05) is 25.9 Å². The van der Waals surface area contributed by atoms with Crippen molar-refractivity contribution in [2.75, 3.05) is 20.2 Å². The fraction of sp³-hybridized carbons (Fsp3) is 0.609. The maximum Gasteiger partial charge on any atom is 0.347 e. The molecule has 1 aromatic carbocycles. The van der Waals surface area contributed by atoms with Crippen LogP contribution in [0.5, 0.6) is 5.75 Å². The minimum Gasteiger partial charge on any atom is -0.478 e. The average Bonchev–Trinajstić information content (AvgIpc) is 3.10. The van der Waals surface area contributed by atoms with Gasteiger partial charge >= 0.3 is 5.97 Å². The van der Waals surface area contributed by atoms with E-state index < -0.39 is 11.6 Å². The van der Waals surface area contributed by atoms with E-state index in [2.05, 4.69) is 30.5 Å². The van der Waals surface area contributed by atoms with Gasteiger partial charge in [-0.25, -0.2) is 4.79 Å². The smallest absolute Gasteiger partial charge is 0.347 e. The van der Waals surface area contributed by atoms with Crippen LogP contribution in [-0.4, -0.2) is 46.9 Å². The van der Waals surface area contributed by atoms with Gasteiger partial charge in [0.25, 0.3) is 0 Å². The summed E-state index contributed by atoms with van der Waals surface area (Å²) in [6, 6.07) is 4.26. The van der Waals surface area contributed by atoms with Gasteiger partial charge in [-0.3, -0.25) is 0 Å². The monoisotopic (exact) mass is 393 g/mol. The number of rotatable bonds is 6. The number of hydrogen-bond acceptors (Lipinski definition) is 4. The van der Waals surface area contributed by atoms with Crippen molar-refractivity contribution in [1.29, 1.82) is 0 Å². The summed E-state index contributed by atoms with van der Waals surface area (Å²) in [5.74, 6) is 0.361. The Bertz CT molecular complexity index is 629. The van der Waals surface area contributed by atoms with Crippen molar-refractivity contribution in [3.8, 4) is 5.75 Å². The zero-order valence-electron chi connectivity index (χ0n) is 18.9. The Morgan fingerprint density at radius 1 is 1.25 bits per heavy atom. The van der Waals surface area contributed by atoms with E-state index in [1.807, 2.05) is 27.7 Å². The fourth-order valence-electron chi connectivity index (χ4n) is 3.30. The molecular weight excluding hydrogens is 354 g/mol. The Morgan fingerprint density at radius 3 is 2.14 bits per heavy atom. The third-order valence-corrected chi connectivity index (χ3v) is 4.74. The molecule has 1 heterocycles. The molecule has 160 valence electrons. The van der Waals surface area contributed by atoms with E-state index in [-0.39, 0.29) is 0 Å². The normalized spacial score (nSPS) is 15.8. The summed E-state index contributed by atoms with van der Waals surface area (Å²) < 4.78 is 5.78. The van der Waals surface area contributed by atoms with Gasteiger partial charge in [-0.15, -0.1) is 0 Å². The lowest BCUT2D eigenvalue weighted by Gasteiger charge is -2.25. The molecule has 0 aromatic heterocycles. The van der Waals surface area contributed by atoms with Crippen LogP contribution in [0.2, 0.25) is 0 Å². The Labute approximate surface area is 171 Å². The number of nitrogens with zero attached hydrogens (tertiary/aromatic N) is 1. The molecule has 0 spiro atoms. The van der Waals surface area contributed by atoms with E-state index in [1.165, 1.54) is 12.0 Å². The van der Waals surface area contributed by atoms with E-state index >= 15 is 0 Å². The van der Waals surface area contributed by atoms with Gasteiger partial charge < -0.3 is 19.8 Å². The number of carboxylic acid groups (broad SMARTS) is 1. The molecule has 0 aliphatic carbocycles. The largest absolute Gasteiger partial charge is 0.478 e. The molecule has 5 nitrogen and oxygen atoms in total. The molecule has 1 aromatic rings. The second-order valence-corrected chi connectivity index (χ2v) is 7.52. The van der Waals surface area contributed by atoms with E-state index in [0.29, 0.717) is 11.7 Å². The minimum atomic E-state index is -1.23. The Morgan fingerprint density at radius 2 is 1.75 bits per heavy atom. The van der Waals surface area contributed by atoms with E-state index in [4.69, 9.17) is 9.84 Å². The summed E-state index contributed by atoms with van der Waals surface area (Å²) in [6.45, 7) is 19.4. The molecule has 1 aliphatic rings. The Kier molecular flexibility index (Phi) is 10.9. The Hall–Kier alpha value is -2.01. The van der Waals surface area contributed by atoms with Gasteiger partial charge in [0.05, 0.1) is 0 Å². The van der Waals surface area contributed by atoms with Crippen molar-refractivity contribution < 1.29 is 19.7 Å². The molecule has 0 saturated carbocycles. The van der Waals surface area contributed by atoms with Crippen LogP contribution >= 0.6 is 0 Å². The van der Waals surface area contributed by atoms with Crippen molar-refractivity contribution in [3.05, 3.63) is 41.1 Å². The number of ether oxygens (including phenoxy) is 1. The van der Waals surface area contributed by atoms with Gasteiger partial charge in [-0.2, -0.15) is 0 Å². The number of aliphatic hydroxyl groups is 1. The standard InChI is InChI=1S/C20H29NO3.C2H6.CH4O/c1-13(2)21-8-7-16(12-21)11-17-9-14(3)18(15(4)10-17)24-20(5,6)19(22)23;2*1-2/h9-10,16H,1,7-8,11-12H2,2-6H3,(H,22,23);1-2H3;2H,1H3. The van der Waals surface area contributed by atoms with Crippen molar-refractivity contribution in [2.45, 2.75) is 66.9 Å². The van der Waals surface area contributed by atoms with Crippen LogP contribution in [0.15, 0.2) is 24.4 Å². The first-order valence-corrected chi connectivity index (χ1v) is 9.98. The molecule has 0 amide bonds. The highest BCUT2D eigenvalue weighted by molar-refractivity contribution is 5.77. The molecule has 28 heavy (non-hydrogen) atoms. The van der Waals surface area contributed by atoms with Crippen LogP contribution in [0.1, 0.15) is 57.7 Å². The van der Waals surface area contributed by atoms with Crippen LogP contribution in [0.3, 0.4) is 0 Å². The SMILES string of the molecule is C=C(C)N1CCC(Cc2cc(C)c(OC(C)(C)C(=O)O)c(C)c2)C1.CC.CO. The summed E-state index contributed by atoms with van der Waals surface area (Å²) in [5, 5.41) is 16.3. The van der Waals surface area contributed by atoms with Crippen molar-refractivity contribution in [3.63, 3.8) is 0 Å². The van der Waals surface area contributed by atoms with Crippen LogP contribution in [-0.2, 0) is 11.2 Å². The van der Waals surface area contributed by atoms with Gasteiger partial charge in [0.15, 0.2) is 5.60 Å².